The summed E-state index contributed by atoms with van der Waals surface area (Å²) in [5.41, 5.74) is 0.918. The van der Waals surface area contributed by atoms with Gasteiger partial charge in [0.05, 0.1) is 5.69 Å². The Kier molecular flexibility index (Phi) is 7.75. The van der Waals surface area contributed by atoms with Crippen LogP contribution in [-0.4, -0.2) is 43.6 Å². The molecule has 1 aromatic heterocycles. The average Bonchev–Trinajstić information content (AvgIpc) is 2.87. The Balaban J connectivity index is 2.58. The third kappa shape index (κ3) is 4.86. The van der Waals surface area contributed by atoms with Gasteiger partial charge in [0.25, 0.3) is 0 Å². The summed E-state index contributed by atoms with van der Waals surface area (Å²) in [5, 5.41) is 5.52. The quantitative estimate of drug-likeness (QED) is 0.279. The number of carbonyl (C=O) groups is 2. The van der Waals surface area contributed by atoms with Crippen LogP contribution in [-0.2, 0) is 6.54 Å². The number of aryl methyl sites for hydroxylation is 1. The predicted molar refractivity (Wildman–Crippen MR) is 75.9 cm³/mol. The third-order valence-corrected chi connectivity index (χ3v) is 3.12. The number of unbranched alkanes of at least 4 members (excludes halogenated alkanes) is 1. The minimum atomic E-state index is -0.521. The van der Waals surface area contributed by atoms with Crippen molar-refractivity contribution in [2.45, 2.75) is 25.8 Å². The van der Waals surface area contributed by atoms with E-state index in [4.69, 9.17) is 0 Å². The van der Waals surface area contributed by atoms with Crippen molar-refractivity contribution < 1.29 is 14.0 Å². The Hall–Kier alpha value is -1.53. The van der Waals surface area contributed by atoms with E-state index < -0.39 is 6.80 Å². The first-order chi connectivity index (χ1) is 9.74. The molecule has 5 nitrogen and oxygen atoms in total. The molecule has 6 heteroatoms. The van der Waals surface area contributed by atoms with E-state index in [1.807, 2.05) is 0 Å². The first-order valence-electron chi connectivity index (χ1n) is 6.83. The molecule has 0 aromatic carbocycles. The smallest absolute Gasteiger partial charge is 0.167 e. The number of aldehydes is 1. The Morgan fingerprint density at radius 2 is 2.20 bits per heavy atom. The topological polar surface area (TPSA) is 63.1 Å². The van der Waals surface area contributed by atoms with E-state index in [0.29, 0.717) is 37.3 Å². The molecule has 0 fully saturated rings. The SMILES string of the molecule is CNCCC(=O)c1ccn(CCCCNCF)c1C=O. The van der Waals surface area contributed by atoms with E-state index in [-0.39, 0.29) is 5.78 Å². The summed E-state index contributed by atoms with van der Waals surface area (Å²) in [6.45, 7) is 1.34. The highest BCUT2D eigenvalue weighted by Gasteiger charge is 2.14. The van der Waals surface area contributed by atoms with Crippen molar-refractivity contribution in [1.29, 1.82) is 0 Å². The second kappa shape index (κ2) is 9.39. The van der Waals surface area contributed by atoms with Crippen LogP contribution in [0.3, 0.4) is 0 Å². The van der Waals surface area contributed by atoms with Crippen molar-refractivity contribution in [3.8, 4) is 0 Å². The number of rotatable bonds is 11. The molecule has 0 saturated carbocycles. The summed E-state index contributed by atoms with van der Waals surface area (Å²) in [6, 6.07) is 1.70. The predicted octanol–water partition coefficient (Wildman–Crippen LogP) is 1.39. The summed E-state index contributed by atoms with van der Waals surface area (Å²) in [5.74, 6) is -0.0284. The van der Waals surface area contributed by atoms with Crippen molar-refractivity contribution in [3.63, 3.8) is 0 Å². The second-order valence-electron chi connectivity index (χ2n) is 4.54. The summed E-state index contributed by atoms with van der Waals surface area (Å²) in [4.78, 5) is 23.1. The number of hydrogen-bond acceptors (Lipinski definition) is 4. The molecule has 112 valence electrons. The molecule has 0 aliphatic carbocycles. The normalized spacial score (nSPS) is 10.7. The van der Waals surface area contributed by atoms with Crippen molar-refractivity contribution in [2.24, 2.45) is 0 Å². The molecule has 0 spiro atoms. The Labute approximate surface area is 118 Å². The zero-order chi connectivity index (χ0) is 14.8. The third-order valence-electron chi connectivity index (χ3n) is 3.12. The first-order valence-corrected chi connectivity index (χ1v) is 6.83. The maximum absolute atomic E-state index is 11.9. The molecule has 0 aliphatic rings. The lowest BCUT2D eigenvalue weighted by Crippen LogP contribution is -2.15. The van der Waals surface area contributed by atoms with Crippen LogP contribution in [0.1, 0.15) is 40.1 Å². The molecule has 0 saturated heterocycles. The summed E-state index contributed by atoms with van der Waals surface area (Å²) in [6.07, 6.45) is 4.52. The molecular weight excluding hydrogens is 261 g/mol. The van der Waals surface area contributed by atoms with Crippen molar-refractivity contribution >= 4 is 12.1 Å². The van der Waals surface area contributed by atoms with Crippen LogP contribution in [0.15, 0.2) is 12.3 Å². The van der Waals surface area contributed by atoms with Gasteiger partial charge in [0.15, 0.2) is 12.1 Å². The van der Waals surface area contributed by atoms with Crippen LogP contribution in [0, 0.1) is 0 Å². The van der Waals surface area contributed by atoms with Gasteiger partial charge in [0.1, 0.15) is 6.80 Å². The fraction of sp³-hybridized carbons (Fsp3) is 0.571. The van der Waals surface area contributed by atoms with Crippen LogP contribution in [0.2, 0.25) is 0 Å². The zero-order valence-electron chi connectivity index (χ0n) is 11.8. The maximum Gasteiger partial charge on any atom is 0.167 e. The fourth-order valence-corrected chi connectivity index (χ4v) is 2.02. The van der Waals surface area contributed by atoms with E-state index >= 15 is 0 Å². The maximum atomic E-state index is 11.9. The summed E-state index contributed by atoms with van der Waals surface area (Å²) < 4.78 is 13.6. The number of nitrogens with one attached hydrogen (secondary N) is 2. The molecule has 0 amide bonds. The highest BCUT2D eigenvalue weighted by molar-refractivity contribution is 6.02. The molecule has 1 aromatic rings. The number of Topliss-reactive ketones (excluding diaryl/α,β-unsaturated/α-hetero) is 1. The van der Waals surface area contributed by atoms with Gasteiger partial charge in [-0.3, -0.25) is 14.9 Å². The molecule has 0 bridgehead atoms. The number of alkyl halides is 1. The van der Waals surface area contributed by atoms with Crippen molar-refractivity contribution in [3.05, 3.63) is 23.5 Å². The van der Waals surface area contributed by atoms with Gasteiger partial charge < -0.3 is 9.88 Å². The molecule has 20 heavy (non-hydrogen) atoms. The Morgan fingerprint density at radius 1 is 1.40 bits per heavy atom. The minimum Gasteiger partial charge on any atom is -0.345 e. The first kappa shape index (κ1) is 16.5. The van der Waals surface area contributed by atoms with Gasteiger partial charge in [0, 0.05) is 31.3 Å². The monoisotopic (exact) mass is 283 g/mol. The average molecular weight is 283 g/mol. The Morgan fingerprint density at radius 3 is 2.85 bits per heavy atom. The van der Waals surface area contributed by atoms with Crippen molar-refractivity contribution in [2.75, 3.05) is 26.9 Å². The van der Waals surface area contributed by atoms with E-state index in [1.54, 1.807) is 23.9 Å². The lowest BCUT2D eigenvalue weighted by Gasteiger charge is -2.06. The van der Waals surface area contributed by atoms with Crippen LogP contribution in [0.5, 0.6) is 0 Å². The molecular formula is C14H22FN3O2. The number of aromatic nitrogens is 1. The van der Waals surface area contributed by atoms with Gasteiger partial charge in [-0.25, -0.2) is 4.39 Å². The van der Waals surface area contributed by atoms with Gasteiger partial charge in [-0.15, -0.1) is 0 Å². The van der Waals surface area contributed by atoms with Gasteiger partial charge >= 0.3 is 0 Å². The highest BCUT2D eigenvalue weighted by Crippen LogP contribution is 2.12. The molecule has 2 N–H and O–H groups in total. The van der Waals surface area contributed by atoms with Crippen molar-refractivity contribution in [1.82, 2.24) is 15.2 Å². The molecule has 1 heterocycles. The molecule has 0 unspecified atom stereocenters. The lowest BCUT2D eigenvalue weighted by atomic mass is 10.1. The Bertz CT molecular complexity index is 432. The number of ketones is 1. The minimum absolute atomic E-state index is 0.0284. The molecule has 0 atom stereocenters. The number of hydrogen-bond donors (Lipinski definition) is 2. The largest absolute Gasteiger partial charge is 0.345 e. The van der Waals surface area contributed by atoms with E-state index in [0.717, 1.165) is 19.1 Å². The van der Waals surface area contributed by atoms with Crippen LogP contribution < -0.4 is 10.6 Å². The summed E-state index contributed by atoms with van der Waals surface area (Å²) >= 11 is 0. The number of halogens is 1. The molecule has 0 radical (unpaired) electrons. The number of nitrogens with zero attached hydrogens (tertiary/aromatic N) is 1. The van der Waals surface area contributed by atoms with E-state index in [9.17, 15) is 14.0 Å². The zero-order valence-corrected chi connectivity index (χ0v) is 11.8. The second-order valence-corrected chi connectivity index (χ2v) is 4.54. The van der Waals surface area contributed by atoms with Gasteiger partial charge in [-0.1, -0.05) is 0 Å². The van der Waals surface area contributed by atoms with Crippen LogP contribution in [0.25, 0.3) is 0 Å². The molecule has 0 aliphatic heterocycles. The molecule has 1 rings (SSSR count). The fourth-order valence-electron chi connectivity index (χ4n) is 2.02. The van der Waals surface area contributed by atoms with Gasteiger partial charge in [0.2, 0.25) is 0 Å². The standard InChI is InChI=1S/C14H22FN3O2/c1-16-7-4-14(20)12-5-9-18(13(12)10-19)8-3-2-6-17-11-15/h5,9-10,16-17H,2-4,6-8,11H2,1H3. The van der Waals surface area contributed by atoms with E-state index in [1.165, 1.54) is 0 Å². The lowest BCUT2D eigenvalue weighted by molar-refractivity contribution is 0.0976. The van der Waals surface area contributed by atoms with Crippen LogP contribution >= 0.6 is 0 Å². The summed E-state index contributed by atoms with van der Waals surface area (Å²) in [7, 11) is 1.78. The van der Waals surface area contributed by atoms with Gasteiger partial charge in [-0.05, 0) is 32.5 Å². The van der Waals surface area contributed by atoms with E-state index in [2.05, 4.69) is 10.6 Å². The number of carbonyl (C=O) groups excluding carboxylic acids is 2. The van der Waals surface area contributed by atoms with Crippen LogP contribution in [0.4, 0.5) is 4.39 Å². The highest BCUT2D eigenvalue weighted by atomic mass is 19.1. The van der Waals surface area contributed by atoms with Gasteiger partial charge in [-0.2, -0.15) is 0 Å².